The second-order valence-corrected chi connectivity index (χ2v) is 10.2. The molecule has 0 amide bonds. The van der Waals surface area contributed by atoms with Gasteiger partial charge >= 0.3 is 11.9 Å². The van der Waals surface area contributed by atoms with Crippen molar-refractivity contribution < 1.29 is 24.2 Å². The number of rotatable bonds is 19. The van der Waals surface area contributed by atoms with E-state index in [-0.39, 0.29) is 11.3 Å². The molecule has 0 unspecified atom stereocenters. The molecule has 1 N–H and O–H groups in total. The number of aromatic carboxylic acids is 1. The van der Waals surface area contributed by atoms with Crippen molar-refractivity contribution in [2.45, 2.75) is 96.8 Å². The summed E-state index contributed by atoms with van der Waals surface area (Å²) >= 11 is 3.24. The van der Waals surface area contributed by atoms with Crippen LogP contribution >= 0.6 is 15.9 Å². The summed E-state index contributed by atoms with van der Waals surface area (Å²) in [5.41, 5.74) is 0.509. The molecule has 2 aromatic carbocycles. The van der Waals surface area contributed by atoms with Crippen molar-refractivity contribution in [3.8, 4) is 11.5 Å². The molecule has 0 heterocycles. The minimum absolute atomic E-state index is 0.113. The Labute approximate surface area is 224 Å². The number of carboxylic acid groups (broad SMARTS) is 1. The summed E-state index contributed by atoms with van der Waals surface area (Å²) in [6, 6.07) is 11.1. The highest BCUT2D eigenvalue weighted by Crippen LogP contribution is 2.27. The molecule has 2 aromatic rings. The van der Waals surface area contributed by atoms with E-state index in [4.69, 9.17) is 14.6 Å². The monoisotopic (exact) mass is 560 g/mol. The van der Waals surface area contributed by atoms with Gasteiger partial charge < -0.3 is 14.6 Å². The van der Waals surface area contributed by atoms with E-state index in [1.807, 2.05) is 0 Å². The Bertz CT molecular complexity index is 910. The van der Waals surface area contributed by atoms with Crippen molar-refractivity contribution in [1.82, 2.24) is 0 Å². The Balaban J connectivity index is 1.53. The highest BCUT2D eigenvalue weighted by molar-refractivity contribution is 9.10. The van der Waals surface area contributed by atoms with Crippen LogP contribution in [0.2, 0.25) is 0 Å². The topological polar surface area (TPSA) is 72.8 Å². The number of halogens is 1. The van der Waals surface area contributed by atoms with Gasteiger partial charge in [0.1, 0.15) is 11.5 Å². The average Bonchev–Trinajstić information content (AvgIpc) is 2.87. The molecule has 5 nitrogen and oxygen atoms in total. The van der Waals surface area contributed by atoms with Gasteiger partial charge in [-0.3, -0.25) is 0 Å². The van der Waals surface area contributed by atoms with E-state index in [9.17, 15) is 9.59 Å². The molecule has 0 fully saturated rings. The smallest absolute Gasteiger partial charge is 0.343 e. The lowest BCUT2D eigenvalue weighted by atomic mass is 10.0. The summed E-state index contributed by atoms with van der Waals surface area (Å²) in [6.45, 7) is 2.94. The molecule has 0 bridgehead atoms. The largest absolute Gasteiger partial charge is 0.494 e. The lowest BCUT2D eigenvalue weighted by Gasteiger charge is -2.09. The van der Waals surface area contributed by atoms with Crippen molar-refractivity contribution in [3.63, 3.8) is 0 Å². The predicted molar refractivity (Wildman–Crippen MR) is 148 cm³/mol. The van der Waals surface area contributed by atoms with Gasteiger partial charge in [0.15, 0.2) is 0 Å². The maximum absolute atomic E-state index is 12.4. The van der Waals surface area contributed by atoms with Crippen LogP contribution in [0.3, 0.4) is 0 Å². The van der Waals surface area contributed by atoms with Crippen LogP contribution in [0.1, 0.15) is 118 Å². The van der Waals surface area contributed by atoms with E-state index in [2.05, 4.69) is 22.9 Å². The quantitative estimate of drug-likeness (QED) is 0.105. The van der Waals surface area contributed by atoms with Crippen molar-refractivity contribution in [2.24, 2.45) is 0 Å². The molecule has 6 heteroatoms. The Morgan fingerprint density at radius 1 is 0.722 bits per heavy atom. The SMILES string of the molecule is CCCCCCCCCCCCCCCCOc1ccc(C(=O)Oc2ccc(C(=O)O)cc2Br)cc1. The normalized spacial score (nSPS) is 10.8. The summed E-state index contributed by atoms with van der Waals surface area (Å²) in [5.74, 6) is -0.563. The Morgan fingerprint density at radius 2 is 1.22 bits per heavy atom. The predicted octanol–water partition coefficient (Wildman–Crippen LogP) is 9.23. The fourth-order valence-corrected chi connectivity index (χ4v) is 4.51. The Morgan fingerprint density at radius 3 is 1.72 bits per heavy atom. The van der Waals surface area contributed by atoms with Crippen LogP contribution in [-0.4, -0.2) is 23.7 Å². The maximum Gasteiger partial charge on any atom is 0.343 e. The Kier molecular flexibility index (Phi) is 14.9. The highest BCUT2D eigenvalue weighted by atomic mass is 79.9. The fourth-order valence-electron chi connectivity index (χ4n) is 4.05. The second-order valence-electron chi connectivity index (χ2n) is 9.31. The highest BCUT2D eigenvalue weighted by Gasteiger charge is 2.13. The van der Waals surface area contributed by atoms with Gasteiger partial charge in [-0.05, 0) is 64.8 Å². The zero-order valence-electron chi connectivity index (χ0n) is 21.6. The van der Waals surface area contributed by atoms with Gasteiger partial charge in [0.2, 0.25) is 0 Å². The van der Waals surface area contributed by atoms with Gasteiger partial charge in [-0.1, -0.05) is 90.4 Å². The number of hydrogen-bond donors (Lipinski definition) is 1. The third kappa shape index (κ3) is 12.1. The maximum atomic E-state index is 12.4. The second kappa shape index (κ2) is 18.0. The van der Waals surface area contributed by atoms with Crippen LogP contribution in [0.5, 0.6) is 11.5 Å². The third-order valence-corrected chi connectivity index (χ3v) is 6.86. The van der Waals surface area contributed by atoms with Crippen molar-refractivity contribution >= 4 is 27.9 Å². The van der Waals surface area contributed by atoms with Crippen LogP contribution in [-0.2, 0) is 0 Å². The van der Waals surface area contributed by atoms with Crippen LogP contribution in [0.15, 0.2) is 46.9 Å². The molecular weight excluding hydrogens is 520 g/mol. The molecule has 36 heavy (non-hydrogen) atoms. The van der Waals surface area contributed by atoms with Crippen LogP contribution in [0.25, 0.3) is 0 Å². The molecule has 0 saturated carbocycles. The summed E-state index contributed by atoms with van der Waals surface area (Å²) in [6.07, 6.45) is 18.6. The Hall–Kier alpha value is -2.34. The van der Waals surface area contributed by atoms with Gasteiger partial charge in [0.05, 0.1) is 22.2 Å². The number of ether oxygens (including phenoxy) is 2. The summed E-state index contributed by atoms with van der Waals surface area (Å²) < 4.78 is 11.6. The molecule has 0 radical (unpaired) electrons. The van der Waals surface area contributed by atoms with Crippen molar-refractivity contribution in [3.05, 3.63) is 58.1 Å². The fraction of sp³-hybridized carbons (Fsp3) is 0.533. The minimum Gasteiger partial charge on any atom is -0.494 e. The standard InChI is InChI=1S/C30H41BrO5/c1-2-3-4-5-6-7-8-9-10-11-12-13-14-15-22-35-26-19-16-24(17-20-26)30(34)36-28-21-18-25(29(32)33)23-27(28)31/h16-21,23H,2-15,22H2,1H3,(H,32,33). The lowest BCUT2D eigenvalue weighted by Crippen LogP contribution is -2.09. The number of benzene rings is 2. The lowest BCUT2D eigenvalue weighted by molar-refractivity contribution is 0.0696. The van der Waals surface area contributed by atoms with E-state index < -0.39 is 11.9 Å². The number of carbonyl (C=O) groups excluding carboxylic acids is 1. The van der Waals surface area contributed by atoms with Gasteiger partial charge in [-0.25, -0.2) is 9.59 Å². The summed E-state index contributed by atoms with van der Waals surface area (Å²) in [4.78, 5) is 23.4. The molecule has 0 aliphatic carbocycles. The zero-order chi connectivity index (χ0) is 26.0. The first-order valence-electron chi connectivity index (χ1n) is 13.5. The van der Waals surface area contributed by atoms with Gasteiger partial charge in [0.25, 0.3) is 0 Å². The van der Waals surface area contributed by atoms with E-state index in [1.165, 1.54) is 102 Å². The number of unbranched alkanes of at least 4 members (excludes halogenated alkanes) is 13. The van der Waals surface area contributed by atoms with Gasteiger partial charge in [-0.2, -0.15) is 0 Å². The average molecular weight is 562 g/mol. The summed E-state index contributed by atoms with van der Waals surface area (Å²) in [5, 5.41) is 9.03. The molecule has 0 spiro atoms. The van der Waals surface area contributed by atoms with Crippen molar-refractivity contribution in [1.29, 1.82) is 0 Å². The van der Waals surface area contributed by atoms with E-state index in [0.717, 1.165) is 12.2 Å². The van der Waals surface area contributed by atoms with E-state index in [0.29, 0.717) is 16.6 Å². The van der Waals surface area contributed by atoms with Crippen molar-refractivity contribution in [2.75, 3.05) is 6.61 Å². The van der Waals surface area contributed by atoms with Crippen LogP contribution < -0.4 is 9.47 Å². The molecule has 0 atom stereocenters. The number of esters is 1. The van der Waals surface area contributed by atoms with E-state index >= 15 is 0 Å². The first kappa shape index (κ1) is 29.9. The first-order chi connectivity index (χ1) is 17.5. The summed E-state index contributed by atoms with van der Waals surface area (Å²) in [7, 11) is 0. The molecular formula is C30H41BrO5. The van der Waals surface area contributed by atoms with Gasteiger partial charge in [0, 0.05) is 0 Å². The van der Waals surface area contributed by atoms with Gasteiger partial charge in [-0.15, -0.1) is 0 Å². The molecule has 198 valence electrons. The minimum atomic E-state index is -1.04. The molecule has 0 aromatic heterocycles. The molecule has 2 rings (SSSR count). The number of carbonyl (C=O) groups is 2. The molecule has 0 aliphatic rings. The molecule has 0 saturated heterocycles. The van der Waals surface area contributed by atoms with Crippen LogP contribution in [0.4, 0.5) is 0 Å². The molecule has 0 aliphatic heterocycles. The third-order valence-electron chi connectivity index (χ3n) is 6.24. The number of carboxylic acids is 1. The number of hydrogen-bond acceptors (Lipinski definition) is 4. The zero-order valence-corrected chi connectivity index (χ0v) is 23.2. The first-order valence-corrected chi connectivity index (χ1v) is 14.3. The van der Waals surface area contributed by atoms with Crippen LogP contribution in [0, 0.1) is 0 Å². The van der Waals surface area contributed by atoms with E-state index in [1.54, 1.807) is 24.3 Å².